The van der Waals surface area contributed by atoms with Crippen LogP contribution in [-0.2, 0) is 0 Å². The number of rotatable bonds is 0. The van der Waals surface area contributed by atoms with Gasteiger partial charge in [0.15, 0.2) is 0 Å². The Hall–Kier alpha value is 0.700. The van der Waals surface area contributed by atoms with Gasteiger partial charge in [-0.2, -0.15) is 9.06 Å². The van der Waals surface area contributed by atoms with E-state index in [0.29, 0.717) is 0 Å². The number of hydrogen-bond acceptors (Lipinski definition) is 1. The molecule has 0 amide bonds. The van der Waals surface area contributed by atoms with Gasteiger partial charge >= 0.3 is 0 Å². The van der Waals surface area contributed by atoms with Crippen LogP contribution in [0.3, 0.4) is 0 Å². The molecule has 1 fully saturated rings. The lowest BCUT2D eigenvalue weighted by Crippen LogP contribution is -1.85. The molecule has 0 nitrogen and oxygen atoms in total. The van der Waals surface area contributed by atoms with Gasteiger partial charge in [-0.25, -0.2) is 0 Å². The van der Waals surface area contributed by atoms with Crippen molar-refractivity contribution in [2.24, 2.45) is 0 Å². The summed E-state index contributed by atoms with van der Waals surface area (Å²) in [5.41, 5.74) is 0. The largest absolute Gasteiger partial charge is 0.198 e. The van der Waals surface area contributed by atoms with E-state index in [2.05, 4.69) is 23.3 Å². The van der Waals surface area contributed by atoms with Gasteiger partial charge in [-0.15, -0.1) is 10.8 Å². The monoisotopic (exact) mass is 136 g/mol. The van der Waals surface area contributed by atoms with Gasteiger partial charge in [0, 0.05) is 5.75 Å². The van der Waals surface area contributed by atoms with Crippen LogP contribution in [0.25, 0.3) is 0 Å². The Kier molecular flexibility index (Phi) is 1.58. The molecular formula is C5H12S2. The second-order valence-electron chi connectivity index (χ2n) is 2.32. The van der Waals surface area contributed by atoms with Crippen LogP contribution in [0.2, 0.25) is 0 Å². The van der Waals surface area contributed by atoms with E-state index in [9.17, 15) is 0 Å². The fourth-order valence-electron chi connectivity index (χ4n) is 0.750. The Morgan fingerprint density at radius 3 is 2.29 bits per heavy atom. The highest BCUT2D eigenvalue weighted by molar-refractivity contribution is 8.94. The summed E-state index contributed by atoms with van der Waals surface area (Å²) in [4.78, 5) is 0. The first-order valence-corrected chi connectivity index (χ1v) is 6.68. The van der Waals surface area contributed by atoms with Crippen molar-refractivity contribution < 1.29 is 0 Å². The molecule has 0 unspecified atom stereocenters. The molecule has 7 heavy (non-hydrogen) atoms. The molecule has 1 rings (SSSR count). The van der Waals surface area contributed by atoms with Crippen LogP contribution in [0.1, 0.15) is 6.42 Å². The maximum absolute atomic E-state index is 2.41. The summed E-state index contributed by atoms with van der Waals surface area (Å²) in [6, 6.07) is 0. The van der Waals surface area contributed by atoms with Crippen LogP contribution in [0.4, 0.5) is 0 Å². The average Bonchev–Trinajstić information content (AvgIpc) is 1.84. The summed E-state index contributed by atoms with van der Waals surface area (Å²) in [6.45, 7) is 0. The maximum Gasteiger partial charge on any atom is 0.00294 e. The molecule has 0 radical (unpaired) electrons. The fraction of sp³-hybridized carbons (Fsp3) is 1.00. The molecule has 0 saturated carbocycles. The molecule has 1 aliphatic rings. The molecule has 0 N–H and O–H groups in total. The first-order chi connectivity index (χ1) is 3.21. The van der Waals surface area contributed by atoms with Gasteiger partial charge in [-0.1, -0.05) is 0 Å². The van der Waals surface area contributed by atoms with Crippen LogP contribution >= 0.6 is 19.9 Å². The fourth-order valence-corrected chi connectivity index (χ4v) is 5.02. The molecule has 1 heterocycles. The van der Waals surface area contributed by atoms with Crippen LogP contribution < -0.4 is 0 Å². The van der Waals surface area contributed by atoms with Crippen molar-refractivity contribution >= 4 is 19.9 Å². The molecule has 2 heteroatoms. The Morgan fingerprint density at radius 2 is 2.14 bits per heavy atom. The van der Waals surface area contributed by atoms with Gasteiger partial charge in [0.1, 0.15) is 0 Å². The SMILES string of the molecule is CS1(C)CCCS1. The minimum Gasteiger partial charge on any atom is -0.198 e. The van der Waals surface area contributed by atoms with Crippen molar-refractivity contribution in [3.63, 3.8) is 0 Å². The van der Waals surface area contributed by atoms with Crippen LogP contribution in [-0.4, -0.2) is 24.0 Å². The minimum atomic E-state index is -0.130. The van der Waals surface area contributed by atoms with Gasteiger partial charge in [0.25, 0.3) is 0 Å². The quantitative estimate of drug-likeness (QED) is 0.460. The topological polar surface area (TPSA) is 0 Å². The summed E-state index contributed by atoms with van der Waals surface area (Å²) >= 11 is 0. The van der Waals surface area contributed by atoms with Gasteiger partial charge in [-0.05, 0) is 24.7 Å². The van der Waals surface area contributed by atoms with Crippen LogP contribution in [0.5, 0.6) is 0 Å². The van der Waals surface area contributed by atoms with E-state index in [1.54, 1.807) is 0 Å². The predicted octanol–water partition coefficient (Wildman–Crippen LogP) is 2.10. The normalized spacial score (nSPS) is 32.9. The predicted molar refractivity (Wildman–Crippen MR) is 41.4 cm³/mol. The third-order valence-corrected chi connectivity index (χ3v) is 6.46. The Bertz CT molecular complexity index is 60.5. The Morgan fingerprint density at radius 1 is 1.43 bits per heavy atom. The second kappa shape index (κ2) is 1.90. The summed E-state index contributed by atoms with van der Waals surface area (Å²) < 4.78 is 0. The van der Waals surface area contributed by atoms with Crippen LogP contribution in [0, 0.1) is 0 Å². The highest BCUT2D eigenvalue weighted by atomic mass is 33.2. The van der Waals surface area contributed by atoms with Crippen molar-refractivity contribution in [2.75, 3.05) is 24.0 Å². The smallest absolute Gasteiger partial charge is 0.00294 e. The van der Waals surface area contributed by atoms with Crippen molar-refractivity contribution in [1.29, 1.82) is 0 Å². The zero-order valence-electron chi connectivity index (χ0n) is 4.94. The highest BCUT2D eigenvalue weighted by Crippen LogP contribution is 2.58. The zero-order valence-corrected chi connectivity index (χ0v) is 6.57. The third kappa shape index (κ3) is 1.57. The summed E-state index contributed by atoms with van der Waals surface area (Å²) in [7, 11) is 2.05. The first-order valence-electron chi connectivity index (χ1n) is 2.56. The standard InChI is InChI=1S/C5H12S2/c1-7(2)5-3-4-6-7/h3-5H2,1-2H3. The Balaban J connectivity index is 2.40. The highest BCUT2D eigenvalue weighted by Gasteiger charge is 2.17. The van der Waals surface area contributed by atoms with E-state index in [4.69, 9.17) is 0 Å². The lowest BCUT2D eigenvalue weighted by Gasteiger charge is -2.21. The van der Waals surface area contributed by atoms with E-state index in [1.165, 1.54) is 17.9 Å². The second-order valence-corrected chi connectivity index (χ2v) is 9.66. The van der Waals surface area contributed by atoms with E-state index in [1.807, 2.05) is 0 Å². The molecule has 1 aliphatic heterocycles. The van der Waals surface area contributed by atoms with Crippen molar-refractivity contribution in [3.8, 4) is 0 Å². The summed E-state index contributed by atoms with van der Waals surface area (Å²) in [5.74, 6) is 2.92. The van der Waals surface area contributed by atoms with Gasteiger partial charge < -0.3 is 0 Å². The summed E-state index contributed by atoms with van der Waals surface area (Å²) in [5, 5.41) is 0. The lowest BCUT2D eigenvalue weighted by molar-refractivity contribution is 1.14. The third-order valence-electron chi connectivity index (χ3n) is 1.18. The minimum absolute atomic E-state index is 0.130. The summed E-state index contributed by atoms with van der Waals surface area (Å²) in [6.07, 6.45) is 6.28. The van der Waals surface area contributed by atoms with Crippen molar-refractivity contribution in [1.82, 2.24) is 0 Å². The molecule has 0 bridgehead atoms. The van der Waals surface area contributed by atoms with E-state index in [0.717, 1.165) is 0 Å². The molecule has 0 aromatic carbocycles. The van der Waals surface area contributed by atoms with E-state index < -0.39 is 0 Å². The average molecular weight is 136 g/mol. The molecule has 0 spiro atoms. The molecule has 0 atom stereocenters. The number of hydrogen-bond donors (Lipinski definition) is 0. The van der Waals surface area contributed by atoms with Crippen molar-refractivity contribution in [3.05, 3.63) is 0 Å². The molecular weight excluding hydrogens is 124 g/mol. The van der Waals surface area contributed by atoms with Gasteiger partial charge in [0.2, 0.25) is 0 Å². The molecule has 0 aliphatic carbocycles. The Labute approximate surface area is 50.8 Å². The van der Waals surface area contributed by atoms with E-state index >= 15 is 0 Å². The van der Waals surface area contributed by atoms with Crippen molar-refractivity contribution in [2.45, 2.75) is 6.42 Å². The lowest BCUT2D eigenvalue weighted by atomic mass is 10.6. The van der Waals surface area contributed by atoms with Gasteiger partial charge in [0.05, 0.1) is 0 Å². The maximum atomic E-state index is 2.41. The van der Waals surface area contributed by atoms with Crippen LogP contribution in [0.15, 0.2) is 0 Å². The molecule has 0 aromatic heterocycles. The van der Waals surface area contributed by atoms with Gasteiger partial charge in [-0.3, -0.25) is 0 Å². The molecule has 1 saturated heterocycles. The molecule has 44 valence electrons. The first kappa shape index (κ1) is 5.83. The molecule has 0 aromatic rings. The zero-order chi connectivity index (χ0) is 5.33. The van der Waals surface area contributed by atoms with E-state index in [-0.39, 0.29) is 9.06 Å².